The van der Waals surface area contributed by atoms with Crippen LogP contribution in [0.5, 0.6) is 0 Å². The summed E-state index contributed by atoms with van der Waals surface area (Å²) in [5.41, 5.74) is 0.844. The van der Waals surface area contributed by atoms with Crippen LogP contribution < -0.4 is 4.72 Å². The molecule has 1 aliphatic rings. The fourth-order valence-corrected chi connectivity index (χ4v) is 4.99. The van der Waals surface area contributed by atoms with Crippen LogP contribution in [0.2, 0.25) is 0 Å². The van der Waals surface area contributed by atoms with Crippen LogP contribution in [0.1, 0.15) is 49.5 Å². The molecule has 8 heteroatoms. The van der Waals surface area contributed by atoms with Gasteiger partial charge in [0.15, 0.2) is 9.90 Å². The fraction of sp³-hybridized carbons (Fsp3) is 0.667. The summed E-state index contributed by atoms with van der Waals surface area (Å²) < 4.78 is 26.9. The summed E-state index contributed by atoms with van der Waals surface area (Å²) in [6.07, 6.45) is 4.76. The highest BCUT2D eigenvalue weighted by molar-refractivity contribution is 7.91. The van der Waals surface area contributed by atoms with Crippen LogP contribution in [0.4, 0.5) is 0 Å². The zero-order valence-electron chi connectivity index (χ0n) is 11.2. The minimum atomic E-state index is -3.79. The Morgan fingerprint density at radius 2 is 2.10 bits per heavy atom. The Hall–Kier alpha value is -0.990. The molecule has 1 aliphatic carbocycles. The molecule has 0 aliphatic heterocycles. The van der Waals surface area contributed by atoms with Crippen LogP contribution in [0, 0.1) is 5.92 Å². The van der Waals surface area contributed by atoms with Crippen molar-refractivity contribution in [3.8, 4) is 0 Å². The number of carboxylic acids is 1. The molecule has 112 valence electrons. The van der Waals surface area contributed by atoms with Gasteiger partial charge in [-0.2, -0.15) is 0 Å². The van der Waals surface area contributed by atoms with Crippen molar-refractivity contribution in [2.24, 2.45) is 5.92 Å². The van der Waals surface area contributed by atoms with E-state index in [0.29, 0.717) is 5.92 Å². The lowest BCUT2D eigenvalue weighted by Crippen LogP contribution is -2.37. The predicted octanol–water partition coefficient (Wildman–Crippen LogP) is 2.09. The van der Waals surface area contributed by atoms with Crippen molar-refractivity contribution < 1.29 is 18.3 Å². The van der Waals surface area contributed by atoms with Gasteiger partial charge in [0.25, 0.3) is 10.0 Å². The fourth-order valence-electron chi connectivity index (χ4n) is 2.53. The largest absolute Gasteiger partial charge is 0.476 e. The van der Waals surface area contributed by atoms with Crippen molar-refractivity contribution in [2.45, 2.75) is 49.3 Å². The zero-order chi connectivity index (χ0) is 14.8. The quantitative estimate of drug-likeness (QED) is 0.866. The molecule has 1 aromatic rings. The summed E-state index contributed by atoms with van der Waals surface area (Å²) in [7, 11) is -3.79. The van der Waals surface area contributed by atoms with Crippen LogP contribution >= 0.6 is 11.3 Å². The number of carbonyl (C=O) groups is 1. The molecule has 1 aromatic heterocycles. The molecule has 0 amide bonds. The molecule has 6 nitrogen and oxygen atoms in total. The number of nitrogens with one attached hydrogen (secondary N) is 1. The molecule has 2 rings (SSSR count). The molecule has 2 N–H and O–H groups in total. The predicted molar refractivity (Wildman–Crippen MR) is 75.4 cm³/mol. The van der Waals surface area contributed by atoms with Crippen molar-refractivity contribution in [2.75, 3.05) is 0 Å². The van der Waals surface area contributed by atoms with E-state index in [1.165, 1.54) is 5.51 Å². The maximum Gasteiger partial charge on any atom is 0.356 e. The number of hydrogen-bond donors (Lipinski definition) is 2. The molecule has 0 aromatic carbocycles. The van der Waals surface area contributed by atoms with Crippen LogP contribution in [0.15, 0.2) is 9.72 Å². The van der Waals surface area contributed by atoms with Crippen molar-refractivity contribution in [3.05, 3.63) is 11.2 Å². The number of nitrogens with zero attached hydrogens (tertiary/aromatic N) is 1. The molecule has 0 unspecified atom stereocenters. The van der Waals surface area contributed by atoms with E-state index in [1.54, 1.807) is 0 Å². The third kappa shape index (κ3) is 3.36. The van der Waals surface area contributed by atoms with Gasteiger partial charge in [-0.1, -0.05) is 13.3 Å². The Bertz CT molecular complexity index is 574. The van der Waals surface area contributed by atoms with Gasteiger partial charge in [-0.15, -0.1) is 11.3 Å². The Balaban J connectivity index is 2.08. The monoisotopic (exact) mass is 318 g/mol. The van der Waals surface area contributed by atoms with Gasteiger partial charge in [-0.05, 0) is 31.6 Å². The van der Waals surface area contributed by atoms with Gasteiger partial charge in [0.2, 0.25) is 0 Å². The van der Waals surface area contributed by atoms with Crippen LogP contribution in [-0.2, 0) is 10.0 Å². The second-order valence-corrected chi connectivity index (χ2v) is 7.80. The molecule has 1 heterocycles. The van der Waals surface area contributed by atoms with E-state index in [4.69, 9.17) is 5.11 Å². The first kappa shape index (κ1) is 15.4. The van der Waals surface area contributed by atoms with Crippen molar-refractivity contribution >= 4 is 27.3 Å². The number of rotatable bonds is 5. The first-order valence-electron chi connectivity index (χ1n) is 6.63. The van der Waals surface area contributed by atoms with E-state index in [9.17, 15) is 13.2 Å². The Morgan fingerprint density at radius 1 is 1.45 bits per heavy atom. The molecule has 0 radical (unpaired) electrons. The van der Waals surface area contributed by atoms with Crippen molar-refractivity contribution in [1.29, 1.82) is 0 Å². The van der Waals surface area contributed by atoms with Gasteiger partial charge in [0.1, 0.15) is 0 Å². The Kier molecular flexibility index (Phi) is 4.77. The maximum atomic E-state index is 12.2. The third-order valence-electron chi connectivity index (χ3n) is 3.73. The number of hydrogen-bond acceptors (Lipinski definition) is 5. The van der Waals surface area contributed by atoms with Gasteiger partial charge < -0.3 is 5.11 Å². The molecule has 0 spiro atoms. The lowest BCUT2D eigenvalue weighted by Gasteiger charge is -2.28. The molecule has 1 saturated carbocycles. The van der Waals surface area contributed by atoms with Crippen LogP contribution in [-0.4, -0.2) is 30.5 Å². The lowest BCUT2D eigenvalue weighted by atomic mass is 9.85. The highest BCUT2D eigenvalue weighted by Gasteiger charge is 2.29. The minimum Gasteiger partial charge on any atom is -0.476 e. The highest BCUT2D eigenvalue weighted by atomic mass is 32.2. The maximum absolute atomic E-state index is 12.2. The van der Waals surface area contributed by atoms with Gasteiger partial charge in [-0.25, -0.2) is 22.9 Å². The second kappa shape index (κ2) is 6.19. The smallest absolute Gasteiger partial charge is 0.356 e. The summed E-state index contributed by atoms with van der Waals surface area (Å²) in [6, 6.07) is -0.105. The average molecular weight is 318 g/mol. The van der Waals surface area contributed by atoms with Crippen LogP contribution in [0.25, 0.3) is 0 Å². The van der Waals surface area contributed by atoms with E-state index in [2.05, 4.69) is 16.6 Å². The zero-order valence-corrected chi connectivity index (χ0v) is 12.8. The standard InChI is InChI=1S/C12H18N2O4S2/c1-2-8-3-5-9(6-4-8)14-20(17,18)12-10(11(15)16)13-7-19-12/h7-9,14H,2-6H2,1H3,(H,15,16). The van der Waals surface area contributed by atoms with E-state index in [-0.39, 0.29) is 10.3 Å². The van der Waals surface area contributed by atoms with Gasteiger partial charge in [0, 0.05) is 6.04 Å². The van der Waals surface area contributed by atoms with Gasteiger partial charge in [0.05, 0.1) is 5.51 Å². The first-order chi connectivity index (χ1) is 9.44. The van der Waals surface area contributed by atoms with E-state index in [0.717, 1.165) is 43.4 Å². The summed E-state index contributed by atoms with van der Waals surface area (Å²) >= 11 is 0.836. The number of aromatic carboxylic acids is 1. The summed E-state index contributed by atoms with van der Waals surface area (Å²) in [5, 5.41) is 8.94. The van der Waals surface area contributed by atoms with Gasteiger partial charge in [-0.3, -0.25) is 0 Å². The molecule has 0 saturated heterocycles. The lowest BCUT2D eigenvalue weighted by molar-refractivity contribution is 0.0687. The summed E-state index contributed by atoms with van der Waals surface area (Å²) in [5.74, 6) is -0.643. The van der Waals surface area contributed by atoms with Crippen LogP contribution in [0.3, 0.4) is 0 Å². The highest BCUT2D eigenvalue weighted by Crippen LogP contribution is 2.28. The average Bonchev–Trinajstić information content (AvgIpc) is 2.89. The van der Waals surface area contributed by atoms with Crippen molar-refractivity contribution in [1.82, 2.24) is 9.71 Å². The van der Waals surface area contributed by atoms with Gasteiger partial charge >= 0.3 is 5.97 Å². The molecule has 0 bridgehead atoms. The second-order valence-electron chi connectivity index (χ2n) is 5.04. The van der Waals surface area contributed by atoms with Crippen molar-refractivity contribution in [3.63, 3.8) is 0 Å². The minimum absolute atomic E-state index is 0.105. The van der Waals surface area contributed by atoms with E-state index < -0.39 is 21.7 Å². The molecule has 0 atom stereocenters. The number of sulfonamides is 1. The molecular formula is C12H18N2O4S2. The summed E-state index contributed by atoms with van der Waals surface area (Å²) in [6.45, 7) is 2.14. The Morgan fingerprint density at radius 3 is 2.65 bits per heavy atom. The normalized spacial score (nSPS) is 23.6. The molecular weight excluding hydrogens is 300 g/mol. The first-order valence-corrected chi connectivity index (χ1v) is 8.99. The molecule has 20 heavy (non-hydrogen) atoms. The SMILES string of the molecule is CCC1CCC(NS(=O)(=O)c2scnc2C(=O)O)CC1. The summed E-state index contributed by atoms with van der Waals surface area (Å²) in [4.78, 5) is 14.6. The topological polar surface area (TPSA) is 96.4 Å². The Labute approximate surface area is 122 Å². The number of thiazole rings is 1. The van der Waals surface area contributed by atoms with E-state index in [1.807, 2.05) is 0 Å². The number of carboxylic acid groups (broad SMARTS) is 1. The third-order valence-corrected chi connectivity index (χ3v) is 6.62. The molecule has 1 fully saturated rings. The van der Waals surface area contributed by atoms with E-state index >= 15 is 0 Å². The number of aromatic nitrogens is 1.